The van der Waals surface area contributed by atoms with Crippen LogP contribution in [0.4, 0.5) is 0 Å². The molecule has 19 heavy (non-hydrogen) atoms. The van der Waals surface area contributed by atoms with E-state index in [2.05, 4.69) is 66.7 Å². The van der Waals surface area contributed by atoms with E-state index in [9.17, 15) is 0 Å². The molecule has 3 rings (SSSR count). The fraction of sp³-hybridized carbons (Fsp3) is 0.125. The van der Waals surface area contributed by atoms with Gasteiger partial charge >= 0.3 is 118 Å². The SMILES string of the molecule is Cl.Cl.[Zr][C]1(Cc2ccccc2)C=Cc2ccccc21. The van der Waals surface area contributed by atoms with Crippen molar-refractivity contribution in [2.24, 2.45) is 0 Å². The van der Waals surface area contributed by atoms with E-state index in [0.29, 0.717) is 0 Å². The van der Waals surface area contributed by atoms with E-state index in [1.54, 1.807) is 24.7 Å². The van der Waals surface area contributed by atoms with Gasteiger partial charge in [0.2, 0.25) is 0 Å². The zero-order valence-corrected chi connectivity index (χ0v) is 14.5. The monoisotopic (exact) mass is 367 g/mol. The van der Waals surface area contributed by atoms with Crippen molar-refractivity contribution in [1.29, 1.82) is 0 Å². The molecule has 0 amide bonds. The van der Waals surface area contributed by atoms with Gasteiger partial charge in [0.15, 0.2) is 0 Å². The van der Waals surface area contributed by atoms with Gasteiger partial charge in [-0.05, 0) is 0 Å². The molecule has 1 aliphatic rings. The van der Waals surface area contributed by atoms with E-state index >= 15 is 0 Å². The number of halogens is 2. The van der Waals surface area contributed by atoms with Gasteiger partial charge < -0.3 is 0 Å². The topological polar surface area (TPSA) is 0 Å². The number of rotatable bonds is 2. The molecule has 0 fully saturated rings. The van der Waals surface area contributed by atoms with Gasteiger partial charge in [0.25, 0.3) is 0 Å². The number of allylic oxidation sites excluding steroid dienone is 1. The van der Waals surface area contributed by atoms with E-state index in [0.717, 1.165) is 6.42 Å². The first-order valence-electron chi connectivity index (χ1n) is 5.86. The Hall–Kier alpha value is -0.357. The molecule has 0 heterocycles. The van der Waals surface area contributed by atoms with Crippen molar-refractivity contribution in [3.8, 4) is 0 Å². The van der Waals surface area contributed by atoms with Crippen molar-refractivity contribution in [3.05, 3.63) is 77.4 Å². The van der Waals surface area contributed by atoms with Crippen LogP contribution in [0.2, 0.25) is 0 Å². The van der Waals surface area contributed by atoms with E-state index < -0.39 is 0 Å². The molecule has 0 aliphatic heterocycles. The van der Waals surface area contributed by atoms with Gasteiger partial charge in [0.1, 0.15) is 0 Å². The number of hydrogen-bond acceptors (Lipinski definition) is 0. The third-order valence-electron chi connectivity index (χ3n) is 3.31. The summed E-state index contributed by atoms with van der Waals surface area (Å²) in [5.74, 6) is 0. The molecule has 0 spiro atoms. The standard InChI is InChI=1S/C16H13.2ClH.Zr/c1-2-6-13(7-3-1)12-15-11-10-14-8-4-5-9-16(14)15;;;/h1-11H,12H2;2*1H;. The van der Waals surface area contributed by atoms with Crippen molar-refractivity contribution in [2.45, 2.75) is 9.54 Å². The Kier molecular flexibility index (Phi) is 6.05. The van der Waals surface area contributed by atoms with Crippen LogP contribution in [0.15, 0.2) is 60.7 Å². The van der Waals surface area contributed by atoms with Crippen LogP contribution in [0, 0.1) is 0 Å². The summed E-state index contributed by atoms with van der Waals surface area (Å²) in [6.07, 6.45) is 5.76. The second-order valence-corrected chi connectivity index (χ2v) is 6.75. The molecule has 0 radical (unpaired) electrons. The van der Waals surface area contributed by atoms with Crippen molar-refractivity contribution in [1.82, 2.24) is 0 Å². The van der Waals surface area contributed by atoms with Crippen LogP contribution >= 0.6 is 24.8 Å². The summed E-state index contributed by atoms with van der Waals surface area (Å²) in [5.41, 5.74) is 4.30. The Bertz CT molecular complexity index is 566. The fourth-order valence-corrected chi connectivity index (χ4v) is 3.71. The summed E-state index contributed by atoms with van der Waals surface area (Å²) < 4.78 is 0.241. The molecule has 1 unspecified atom stereocenters. The van der Waals surface area contributed by atoms with Gasteiger partial charge in [0.05, 0.1) is 0 Å². The predicted octanol–water partition coefficient (Wildman–Crippen LogP) is 4.54. The number of benzene rings is 2. The van der Waals surface area contributed by atoms with Crippen LogP contribution < -0.4 is 0 Å². The molecule has 1 atom stereocenters. The summed E-state index contributed by atoms with van der Waals surface area (Å²) in [4.78, 5) is 0. The Morgan fingerprint density at radius 1 is 0.842 bits per heavy atom. The Morgan fingerprint density at radius 3 is 2.21 bits per heavy atom. The summed E-state index contributed by atoms with van der Waals surface area (Å²) >= 11 is 1.57. The van der Waals surface area contributed by atoms with E-state index in [1.165, 1.54) is 16.7 Å². The molecule has 3 heteroatoms. The van der Waals surface area contributed by atoms with Crippen LogP contribution in [0.25, 0.3) is 6.08 Å². The fourth-order valence-electron chi connectivity index (χ4n) is 2.44. The minimum absolute atomic E-state index is 0. The van der Waals surface area contributed by atoms with Crippen molar-refractivity contribution < 1.29 is 24.7 Å². The van der Waals surface area contributed by atoms with Crippen molar-refractivity contribution in [2.75, 3.05) is 0 Å². The van der Waals surface area contributed by atoms with Crippen LogP contribution in [-0.2, 0) is 34.3 Å². The Labute approximate surface area is 142 Å². The van der Waals surface area contributed by atoms with Gasteiger partial charge in [-0.3, -0.25) is 0 Å². The van der Waals surface area contributed by atoms with E-state index in [4.69, 9.17) is 0 Å². The third-order valence-corrected chi connectivity index (χ3v) is 4.82. The molecule has 2 aromatic carbocycles. The molecule has 0 N–H and O–H groups in total. The summed E-state index contributed by atoms with van der Waals surface area (Å²) in [6.45, 7) is 0. The minimum atomic E-state index is 0. The first-order valence-corrected chi connectivity index (χ1v) is 7.08. The van der Waals surface area contributed by atoms with E-state index in [1.807, 2.05) is 0 Å². The first-order chi connectivity index (χ1) is 8.28. The molecule has 2 aromatic rings. The average Bonchev–Trinajstić information content (AvgIpc) is 2.69. The van der Waals surface area contributed by atoms with Crippen molar-refractivity contribution in [3.63, 3.8) is 0 Å². The van der Waals surface area contributed by atoms with Crippen LogP contribution in [0.5, 0.6) is 0 Å². The molecular weight excluding hydrogens is 354 g/mol. The number of hydrogen-bond donors (Lipinski definition) is 0. The normalized spacial score (nSPS) is 19.1. The Morgan fingerprint density at radius 2 is 1.47 bits per heavy atom. The maximum atomic E-state index is 2.38. The average molecular weight is 369 g/mol. The van der Waals surface area contributed by atoms with Crippen molar-refractivity contribution >= 4 is 30.9 Å². The summed E-state index contributed by atoms with van der Waals surface area (Å²) in [7, 11) is 0. The predicted molar refractivity (Wildman–Crippen MR) is 81.8 cm³/mol. The molecule has 0 saturated carbocycles. The van der Waals surface area contributed by atoms with Crippen LogP contribution in [-0.4, -0.2) is 0 Å². The van der Waals surface area contributed by atoms with E-state index in [-0.39, 0.29) is 27.9 Å². The van der Waals surface area contributed by atoms with Crippen LogP contribution in [0.3, 0.4) is 0 Å². The molecular formula is C16H15Cl2Zr. The molecule has 0 bridgehead atoms. The number of fused-ring (bicyclic) bond motifs is 1. The first kappa shape index (κ1) is 16.7. The second kappa shape index (κ2) is 6.88. The maximum absolute atomic E-state index is 2.38. The molecule has 1 aliphatic carbocycles. The Balaban J connectivity index is 0.000000902. The quantitative estimate of drug-likeness (QED) is 0.729. The second-order valence-electron chi connectivity index (χ2n) is 4.55. The summed E-state index contributed by atoms with van der Waals surface area (Å²) in [6, 6.07) is 19.5. The third kappa shape index (κ3) is 3.40. The van der Waals surface area contributed by atoms with Crippen LogP contribution in [0.1, 0.15) is 16.7 Å². The zero-order valence-electron chi connectivity index (χ0n) is 10.4. The molecule has 0 saturated heterocycles. The van der Waals surface area contributed by atoms with Gasteiger partial charge in [-0.25, -0.2) is 0 Å². The molecule has 0 aromatic heterocycles. The molecule has 97 valence electrons. The van der Waals surface area contributed by atoms with Gasteiger partial charge in [-0.15, -0.1) is 24.8 Å². The molecule has 0 nitrogen and oxygen atoms in total. The van der Waals surface area contributed by atoms with Gasteiger partial charge in [-0.2, -0.15) is 0 Å². The van der Waals surface area contributed by atoms with Gasteiger partial charge in [-0.1, -0.05) is 0 Å². The summed E-state index contributed by atoms with van der Waals surface area (Å²) in [5, 5.41) is 0. The van der Waals surface area contributed by atoms with Gasteiger partial charge in [0, 0.05) is 0 Å². The zero-order chi connectivity index (χ0) is 11.7.